The van der Waals surface area contributed by atoms with Crippen LogP contribution in [0.25, 0.3) is 0 Å². The molecule has 0 aliphatic heterocycles. The Balaban J connectivity index is 2.93. The maximum atomic E-state index is 14.1. The fourth-order valence-corrected chi connectivity index (χ4v) is 2.27. The molecular formula is C16H27FN2. The molecule has 1 aromatic rings. The molecule has 1 unspecified atom stereocenters. The van der Waals surface area contributed by atoms with Gasteiger partial charge in [-0.2, -0.15) is 0 Å². The van der Waals surface area contributed by atoms with E-state index in [-0.39, 0.29) is 11.9 Å². The zero-order valence-electron chi connectivity index (χ0n) is 12.7. The highest BCUT2D eigenvalue weighted by molar-refractivity contribution is 5.55. The maximum Gasteiger partial charge on any atom is 0.130 e. The minimum atomic E-state index is -0.114. The molecule has 2 nitrogen and oxygen atoms in total. The molecule has 0 fully saturated rings. The summed E-state index contributed by atoms with van der Waals surface area (Å²) in [6.07, 6.45) is 3.33. The third kappa shape index (κ3) is 4.50. The highest BCUT2D eigenvalue weighted by Crippen LogP contribution is 2.28. The van der Waals surface area contributed by atoms with E-state index in [1.807, 2.05) is 20.0 Å². The molecule has 108 valence electrons. The molecule has 0 amide bonds. The van der Waals surface area contributed by atoms with Gasteiger partial charge in [0.2, 0.25) is 0 Å². The van der Waals surface area contributed by atoms with Crippen molar-refractivity contribution in [3.05, 3.63) is 29.6 Å². The molecule has 0 aromatic heterocycles. The van der Waals surface area contributed by atoms with Crippen molar-refractivity contribution in [3.63, 3.8) is 0 Å². The van der Waals surface area contributed by atoms with Crippen molar-refractivity contribution in [2.45, 2.75) is 46.1 Å². The van der Waals surface area contributed by atoms with E-state index in [9.17, 15) is 4.39 Å². The molecule has 0 aliphatic carbocycles. The van der Waals surface area contributed by atoms with E-state index < -0.39 is 0 Å². The van der Waals surface area contributed by atoms with Crippen LogP contribution in [0.5, 0.6) is 0 Å². The van der Waals surface area contributed by atoms with Gasteiger partial charge in [0, 0.05) is 30.9 Å². The Kier molecular flexibility index (Phi) is 6.85. The zero-order valence-corrected chi connectivity index (χ0v) is 12.7. The van der Waals surface area contributed by atoms with Gasteiger partial charge < -0.3 is 10.2 Å². The van der Waals surface area contributed by atoms with Crippen LogP contribution in [0.2, 0.25) is 0 Å². The standard InChI is InChI=1S/C16H27FN2/c1-5-7-12-19(4)15-10-8-9-14(17)16(15)13(3)18-11-6-2/h8-10,13,18H,5-7,11-12H2,1-4H3. The third-order valence-corrected chi connectivity index (χ3v) is 3.42. The summed E-state index contributed by atoms with van der Waals surface area (Å²) in [5, 5.41) is 3.37. The van der Waals surface area contributed by atoms with Crippen molar-refractivity contribution >= 4 is 5.69 Å². The number of halogens is 1. The van der Waals surface area contributed by atoms with Crippen molar-refractivity contribution in [1.29, 1.82) is 0 Å². The predicted octanol–water partition coefficient (Wildman–Crippen LogP) is 4.12. The van der Waals surface area contributed by atoms with Gasteiger partial charge >= 0.3 is 0 Å². The summed E-state index contributed by atoms with van der Waals surface area (Å²) in [7, 11) is 2.04. The Morgan fingerprint density at radius 2 is 2.00 bits per heavy atom. The molecule has 1 rings (SSSR count). The Morgan fingerprint density at radius 3 is 2.63 bits per heavy atom. The van der Waals surface area contributed by atoms with Crippen LogP contribution in [0.4, 0.5) is 10.1 Å². The van der Waals surface area contributed by atoms with Crippen LogP contribution < -0.4 is 10.2 Å². The average molecular weight is 266 g/mol. The largest absolute Gasteiger partial charge is 0.374 e. The van der Waals surface area contributed by atoms with Crippen LogP contribution in [-0.4, -0.2) is 20.1 Å². The van der Waals surface area contributed by atoms with Gasteiger partial charge in [-0.1, -0.05) is 26.3 Å². The Morgan fingerprint density at radius 1 is 1.26 bits per heavy atom. The van der Waals surface area contributed by atoms with E-state index in [1.54, 1.807) is 12.1 Å². The number of rotatable bonds is 8. The molecule has 19 heavy (non-hydrogen) atoms. The summed E-state index contributed by atoms with van der Waals surface area (Å²) in [6, 6.07) is 5.40. The van der Waals surface area contributed by atoms with Gasteiger partial charge in [-0.05, 0) is 38.4 Å². The first kappa shape index (κ1) is 16.0. The van der Waals surface area contributed by atoms with E-state index in [0.717, 1.165) is 43.6 Å². The molecule has 1 aromatic carbocycles. The quantitative estimate of drug-likeness (QED) is 0.761. The third-order valence-electron chi connectivity index (χ3n) is 3.42. The van der Waals surface area contributed by atoms with Crippen LogP contribution in [0.3, 0.4) is 0 Å². The van der Waals surface area contributed by atoms with E-state index in [0.29, 0.717) is 0 Å². The topological polar surface area (TPSA) is 15.3 Å². The van der Waals surface area contributed by atoms with Crippen molar-refractivity contribution in [1.82, 2.24) is 5.32 Å². The molecule has 0 heterocycles. The van der Waals surface area contributed by atoms with Crippen LogP contribution in [0.15, 0.2) is 18.2 Å². The highest BCUT2D eigenvalue weighted by Gasteiger charge is 2.17. The molecular weight excluding hydrogens is 239 g/mol. The summed E-state index contributed by atoms with van der Waals surface area (Å²) < 4.78 is 14.1. The number of hydrogen-bond donors (Lipinski definition) is 1. The van der Waals surface area contributed by atoms with Crippen molar-refractivity contribution < 1.29 is 4.39 Å². The van der Waals surface area contributed by atoms with E-state index >= 15 is 0 Å². The molecule has 1 N–H and O–H groups in total. The average Bonchev–Trinajstić information content (AvgIpc) is 2.41. The lowest BCUT2D eigenvalue weighted by Gasteiger charge is -2.26. The van der Waals surface area contributed by atoms with Gasteiger partial charge in [0.05, 0.1) is 0 Å². The maximum absolute atomic E-state index is 14.1. The predicted molar refractivity (Wildman–Crippen MR) is 81.3 cm³/mol. The lowest BCUT2D eigenvalue weighted by atomic mass is 10.0. The van der Waals surface area contributed by atoms with Gasteiger partial charge in [0.15, 0.2) is 0 Å². The Bertz CT molecular complexity index is 379. The second-order valence-electron chi connectivity index (χ2n) is 5.12. The summed E-state index contributed by atoms with van der Waals surface area (Å²) in [5.74, 6) is -0.114. The molecule has 0 radical (unpaired) electrons. The molecule has 0 bridgehead atoms. The smallest absolute Gasteiger partial charge is 0.130 e. The van der Waals surface area contributed by atoms with Crippen LogP contribution in [0.1, 0.15) is 51.6 Å². The fraction of sp³-hybridized carbons (Fsp3) is 0.625. The summed E-state index contributed by atoms with van der Waals surface area (Å²) in [5.41, 5.74) is 1.79. The summed E-state index contributed by atoms with van der Waals surface area (Å²) >= 11 is 0. The van der Waals surface area contributed by atoms with Gasteiger partial charge in [0.1, 0.15) is 5.82 Å². The Hall–Kier alpha value is -1.09. The first-order valence-electron chi connectivity index (χ1n) is 7.34. The molecule has 1 atom stereocenters. The van der Waals surface area contributed by atoms with E-state index in [4.69, 9.17) is 0 Å². The second-order valence-corrected chi connectivity index (χ2v) is 5.12. The summed E-state index contributed by atoms with van der Waals surface area (Å²) in [4.78, 5) is 2.16. The lowest BCUT2D eigenvalue weighted by Crippen LogP contribution is -2.25. The van der Waals surface area contributed by atoms with Crippen molar-refractivity contribution in [3.8, 4) is 0 Å². The van der Waals surface area contributed by atoms with Gasteiger partial charge in [-0.15, -0.1) is 0 Å². The van der Waals surface area contributed by atoms with Crippen LogP contribution >= 0.6 is 0 Å². The van der Waals surface area contributed by atoms with Gasteiger partial charge in [0.25, 0.3) is 0 Å². The first-order valence-corrected chi connectivity index (χ1v) is 7.34. The number of nitrogens with zero attached hydrogens (tertiary/aromatic N) is 1. The number of unbranched alkanes of at least 4 members (excludes halogenated alkanes) is 1. The molecule has 0 spiro atoms. The van der Waals surface area contributed by atoms with Crippen molar-refractivity contribution in [2.75, 3.05) is 25.0 Å². The van der Waals surface area contributed by atoms with E-state index in [1.165, 1.54) is 0 Å². The highest BCUT2D eigenvalue weighted by atomic mass is 19.1. The number of nitrogens with one attached hydrogen (secondary N) is 1. The minimum absolute atomic E-state index is 0.0419. The SMILES string of the molecule is CCCCN(C)c1cccc(F)c1C(C)NCCC. The van der Waals surface area contributed by atoms with Gasteiger partial charge in [-0.3, -0.25) is 0 Å². The zero-order chi connectivity index (χ0) is 14.3. The van der Waals surface area contributed by atoms with E-state index in [2.05, 4.69) is 24.1 Å². The van der Waals surface area contributed by atoms with Crippen LogP contribution in [-0.2, 0) is 0 Å². The van der Waals surface area contributed by atoms with Crippen molar-refractivity contribution in [2.24, 2.45) is 0 Å². The number of hydrogen-bond acceptors (Lipinski definition) is 2. The Labute approximate surface area is 117 Å². The minimum Gasteiger partial charge on any atom is -0.374 e. The molecule has 0 saturated carbocycles. The fourth-order valence-electron chi connectivity index (χ4n) is 2.27. The molecule has 3 heteroatoms. The lowest BCUT2D eigenvalue weighted by molar-refractivity contribution is 0.526. The molecule has 0 saturated heterocycles. The number of anilines is 1. The normalized spacial score (nSPS) is 12.5. The monoisotopic (exact) mass is 266 g/mol. The first-order chi connectivity index (χ1) is 9.11. The number of benzene rings is 1. The second kappa shape index (κ2) is 8.16. The van der Waals surface area contributed by atoms with Gasteiger partial charge in [-0.25, -0.2) is 4.39 Å². The molecule has 0 aliphatic rings. The summed E-state index contributed by atoms with van der Waals surface area (Å²) in [6.45, 7) is 8.20. The van der Waals surface area contributed by atoms with Crippen LogP contribution in [0, 0.1) is 5.82 Å².